The molecule has 3 rings (SSSR count). The number of hydrogen-bond donors (Lipinski definition) is 2. The molecule has 0 aliphatic carbocycles. The molecule has 2 N–H and O–H groups in total. The Balaban J connectivity index is 1.72. The average molecular weight is 439 g/mol. The van der Waals surface area contributed by atoms with Gasteiger partial charge in [-0.05, 0) is 54.4 Å². The molecule has 2 unspecified atom stereocenters. The van der Waals surface area contributed by atoms with Gasteiger partial charge in [0.1, 0.15) is 5.82 Å². The smallest absolute Gasteiger partial charge is 0.266 e. The van der Waals surface area contributed by atoms with Crippen LogP contribution in [0.2, 0.25) is 5.02 Å². The van der Waals surface area contributed by atoms with E-state index in [4.69, 9.17) is 16.4 Å². The standard InChI is InChI=1S/C20H20ClFN2O4S/c1-29(23,28)17-5-3-16(4-6-17)24-9-8-20(27,19(24)26)18(25)7-2-13-10-14(21)12-15(22)11-13/h3-6,10-12,23,27H,2,7-9H2,1H3. The Hall–Kier alpha value is -2.29. The average Bonchev–Trinajstić information content (AvgIpc) is 2.94. The highest BCUT2D eigenvalue weighted by Crippen LogP contribution is 2.31. The van der Waals surface area contributed by atoms with Crippen molar-refractivity contribution in [2.45, 2.75) is 29.8 Å². The molecule has 0 radical (unpaired) electrons. The summed E-state index contributed by atoms with van der Waals surface area (Å²) < 4.78 is 32.8. The van der Waals surface area contributed by atoms with Gasteiger partial charge in [-0.15, -0.1) is 0 Å². The summed E-state index contributed by atoms with van der Waals surface area (Å²) in [6.07, 6.45) is 1.26. The van der Waals surface area contributed by atoms with Crippen LogP contribution in [0.4, 0.5) is 10.1 Å². The number of aliphatic hydroxyl groups is 1. The van der Waals surface area contributed by atoms with E-state index in [9.17, 15) is 23.3 Å². The van der Waals surface area contributed by atoms with Crippen LogP contribution in [0.5, 0.6) is 0 Å². The molecule has 0 spiro atoms. The van der Waals surface area contributed by atoms with E-state index < -0.39 is 32.8 Å². The maximum atomic E-state index is 13.4. The van der Waals surface area contributed by atoms with E-state index in [0.29, 0.717) is 16.1 Å². The van der Waals surface area contributed by atoms with Crippen molar-refractivity contribution in [1.82, 2.24) is 0 Å². The third-order valence-corrected chi connectivity index (χ3v) is 6.31. The molecule has 2 aromatic carbocycles. The maximum absolute atomic E-state index is 13.4. The number of carbonyl (C=O) groups is 2. The van der Waals surface area contributed by atoms with Crippen LogP contribution in [-0.4, -0.2) is 39.4 Å². The highest BCUT2D eigenvalue weighted by Gasteiger charge is 2.50. The Morgan fingerprint density at radius 2 is 1.97 bits per heavy atom. The highest BCUT2D eigenvalue weighted by molar-refractivity contribution is 7.91. The second kappa shape index (κ2) is 7.85. The molecule has 0 bridgehead atoms. The first-order valence-electron chi connectivity index (χ1n) is 8.87. The third kappa shape index (κ3) is 4.49. The molecule has 2 atom stereocenters. The van der Waals surface area contributed by atoms with E-state index in [1.54, 1.807) is 0 Å². The lowest BCUT2D eigenvalue weighted by molar-refractivity contribution is -0.147. The van der Waals surface area contributed by atoms with Crippen LogP contribution < -0.4 is 4.90 Å². The van der Waals surface area contributed by atoms with Gasteiger partial charge in [-0.1, -0.05) is 11.6 Å². The number of hydrogen-bond acceptors (Lipinski definition) is 5. The lowest BCUT2D eigenvalue weighted by Gasteiger charge is -2.21. The summed E-state index contributed by atoms with van der Waals surface area (Å²) in [4.78, 5) is 27.0. The molecule has 1 aliphatic heterocycles. The molecule has 1 aliphatic rings. The quantitative estimate of drug-likeness (QED) is 0.676. The zero-order valence-corrected chi connectivity index (χ0v) is 17.2. The minimum absolute atomic E-state index is 0.0563. The monoisotopic (exact) mass is 438 g/mol. The van der Waals surface area contributed by atoms with Crippen LogP contribution in [0.15, 0.2) is 47.4 Å². The summed E-state index contributed by atoms with van der Waals surface area (Å²) in [6.45, 7) is 0.147. The minimum Gasteiger partial charge on any atom is -0.373 e. The molecular weight excluding hydrogens is 419 g/mol. The third-order valence-electron chi connectivity index (χ3n) is 4.92. The molecule has 1 amide bonds. The van der Waals surface area contributed by atoms with Crippen LogP contribution >= 0.6 is 11.6 Å². The molecule has 154 valence electrons. The molecule has 0 saturated carbocycles. The number of nitrogens with one attached hydrogen (secondary N) is 1. The number of halogens is 2. The van der Waals surface area contributed by atoms with Gasteiger partial charge in [0.15, 0.2) is 5.78 Å². The van der Waals surface area contributed by atoms with Gasteiger partial charge in [0, 0.05) is 41.2 Å². The van der Waals surface area contributed by atoms with E-state index in [-0.39, 0.29) is 30.8 Å². The number of carbonyl (C=O) groups excluding carboxylic acids is 2. The number of Topliss-reactive ketones (excluding diaryl/α,β-unsaturated/α-hetero) is 1. The summed E-state index contributed by atoms with van der Waals surface area (Å²) in [5.41, 5.74) is -1.19. The molecule has 1 heterocycles. The normalized spacial score (nSPS) is 21.2. The first kappa shape index (κ1) is 21.4. The predicted octanol–water partition coefficient (Wildman–Crippen LogP) is 3.18. The zero-order chi connectivity index (χ0) is 21.4. The molecule has 1 saturated heterocycles. The lowest BCUT2D eigenvalue weighted by Crippen LogP contribution is -2.47. The second-order valence-electron chi connectivity index (χ2n) is 7.11. The molecule has 2 aromatic rings. The fourth-order valence-electron chi connectivity index (χ4n) is 3.32. The molecule has 29 heavy (non-hydrogen) atoms. The Morgan fingerprint density at radius 3 is 2.55 bits per heavy atom. The summed E-state index contributed by atoms with van der Waals surface area (Å²) in [6, 6.07) is 10.00. The zero-order valence-electron chi connectivity index (χ0n) is 15.7. The van der Waals surface area contributed by atoms with Gasteiger partial charge in [0.2, 0.25) is 5.60 Å². The largest absolute Gasteiger partial charge is 0.373 e. The van der Waals surface area contributed by atoms with E-state index in [1.807, 2.05) is 0 Å². The Bertz CT molecular complexity index is 1050. The molecule has 1 fully saturated rings. The molecule has 9 heteroatoms. The summed E-state index contributed by atoms with van der Waals surface area (Å²) >= 11 is 5.80. The van der Waals surface area contributed by atoms with Crippen molar-refractivity contribution in [2.75, 3.05) is 17.7 Å². The van der Waals surface area contributed by atoms with Gasteiger partial charge in [-0.25, -0.2) is 13.4 Å². The highest BCUT2D eigenvalue weighted by atomic mass is 35.5. The number of rotatable bonds is 6. The van der Waals surface area contributed by atoms with Crippen LogP contribution in [0.25, 0.3) is 0 Å². The number of nitrogens with zero attached hydrogens (tertiary/aromatic N) is 1. The minimum atomic E-state index is -2.88. The fraction of sp³-hybridized carbons (Fsp3) is 0.300. The Labute approximate surface area is 173 Å². The summed E-state index contributed by atoms with van der Waals surface area (Å²) in [5.74, 6) is -1.88. The summed E-state index contributed by atoms with van der Waals surface area (Å²) in [5, 5.41) is 10.9. The molecule has 6 nitrogen and oxygen atoms in total. The van der Waals surface area contributed by atoms with Crippen molar-refractivity contribution in [1.29, 1.82) is 4.78 Å². The van der Waals surface area contributed by atoms with Crippen molar-refractivity contribution in [2.24, 2.45) is 0 Å². The maximum Gasteiger partial charge on any atom is 0.266 e. The first-order chi connectivity index (χ1) is 13.5. The van der Waals surface area contributed by atoms with E-state index in [1.165, 1.54) is 47.6 Å². The second-order valence-corrected chi connectivity index (χ2v) is 9.70. The van der Waals surface area contributed by atoms with Crippen molar-refractivity contribution in [3.8, 4) is 0 Å². The number of benzene rings is 2. The van der Waals surface area contributed by atoms with Gasteiger partial charge in [0.25, 0.3) is 5.91 Å². The molecular formula is C20H20ClFN2O4S. The van der Waals surface area contributed by atoms with Crippen molar-refractivity contribution < 1.29 is 23.3 Å². The SMILES string of the molecule is CS(=N)(=O)c1ccc(N2CCC(O)(C(=O)CCc3cc(F)cc(Cl)c3)C2=O)cc1. The Kier molecular flexibility index (Phi) is 5.80. The van der Waals surface area contributed by atoms with Crippen molar-refractivity contribution in [3.63, 3.8) is 0 Å². The topological polar surface area (TPSA) is 98.5 Å². The van der Waals surface area contributed by atoms with E-state index >= 15 is 0 Å². The predicted molar refractivity (Wildman–Crippen MR) is 108 cm³/mol. The number of amides is 1. The Morgan fingerprint density at radius 1 is 1.31 bits per heavy atom. The van der Waals surface area contributed by atoms with Crippen LogP contribution in [0.3, 0.4) is 0 Å². The van der Waals surface area contributed by atoms with Crippen LogP contribution in [-0.2, 0) is 25.7 Å². The first-order valence-corrected chi connectivity index (χ1v) is 11.2. The van der Waals surface area contributed by atoms with E-state index in [2.05, 4.69) is 0 Å². The van der Waals surface area contributed by atoms with Crippen LogP contribution in [0.1, 0.15) is 18.4 Å². The summed E-state index contributed by atoms with van der Waals surface area (Å²) in [7, 11) is -2.88. The van der Waals surface area contributed by atoms with E-state index in [0.717, 1.165) is 6.07 Å². The number of ketones is 1. The van der Waals surface area contributed by atoms with Gasteiger partial charge in [-0.3, -0.25) is 9.59 Å². The lowest BCUT2D eigenvalue weighted by atomic mass is 9.92. The van der Waals surface area contributed by atoms with Crippen molar-refractivity contribution in [3.05, 3.63) is 58.9 Å². The van der Waals surface area contributed by atoms with Crippen LogP contribution in [0, 0.1) is 10.6 Å². The van der Waals surface area contributed by atoms with Gasteiger partial charge >= 0.3 is 0 Å². The number of aryl methyl sites for hydroxylation is 1. The molecule has 0 aromatic heterocycles. The number of anilines is 1. The van der Waals surface area contributed by atoms with Crippen molar-refractivity contribution >= 4 is 38.7 Å². The van der Waals surface area contributed by atoms with Gasteiger partial charge < -0.3 is 10.0 Å². The fourth-order valence-corrected chi connectivity index (χ4v) is 4.22. The van der Waals surface area contributed by atoms with Gasteiger partial charge in [0.05, 0.1) is 9.73 Å². The van der Waals surface area contributed by atoms with Gasteiger partial charge in [-0.2, -0.15) is 0 Å².